The molecule has 4 rings (SSSR count). The standard InChI is InChI=1S/C22H26ClN3O3S/c1-14-12-26(2)9-7-15-11-16(3-4-17(14)15)24-21(28)22(8-10-29-13-22)25-20(27)18-5-6-19(23)30-18/h3-6,11,14H,7-10,12-13H2,1-2H3,(H,24,28)(H,25,27). The average Bonchev–Trinajstić information content (AvgIpc) is 3.33. The summed E-state index contributed by atoms with van der Waals surface area (Å²) < 4.78 is 6.02. The fourth-order valence-corrected chi connectivity index (χ4v) is 5.15. The smallest absolute Gasteiger partial charge is 0.262 e. The van der Waals surface area contributed by atoms with Crippen LogP contribution in [0.25, 0.3) is 0 Å². The molecule has 1 fully saturated rings. The number of ether oxygens (including phenoxy) is 1. The third-order valence-corrected chi connectivity index (χ3v) is 7.12. The maximum Gasteiger partial charge on any atom is 0.262 e. The third-order valence-electron chi connectivity index (χ3n) is 5.89. The molecule has 1 aromatic heterocycles. The van der Waals surface area contributed by atoms with Crippen molar-refractivity contribution in [1.82, 2.24) is 10.2 Å². The van der Waals surface area contributed by atoms with Crippen LogP contribution in [0.15, 0.2) is 30.3 Å². The number of hydrogen-bond acceptors (Lipinski definition) is 5. The molecule has 0 spiro atoms. The molecule has 2 N–H and O–H groups in total. The lowest BCUT2D eigenvalue weighted by molar-refractivity contribution is -0.122. The molecule has 1 saturated heterocycles. The third kappa shape index (κ3) is 4.39. The second-order valence-electron chi connectivity index (χ2n) is 8.22. The van der Waals surface area contributed by atoms with Crippen molar-refractivity contribution in [3.63, 3.8) is 0 Å². The Morgan fingerprint density at radius 1 is 1.30 bits per heavy atom. The molecule has 0 radical (unpaired) electrons. The monoisotopic (exact) mass is 447 g/mol. The van der Waals surface area contributed by atoms with E-state index in [-0.39, 0.29) is 18.4 Å². The van der Waals surface area contributed by atoms with Crippen LogP contribution in [0.5, 0.6) is 0 Å². The van der Waals surface area contributed by atoms with Crippen LogP contribution in [-0.4, -0.2) is 55.6 Å². The molecule has 0 aliphatic carbocycles. The number of nitrogens with one attached hydrogen (secondary N) is 2. The van der Waals surface area contributed by atoms with Crippen LogP contribution in [0.3, 0.4) is 0 Å². The summed E-state index contributed by atoms with van der Waals surface area (Å²) in [5.41, 5.74) is 2.25. The Morgan fingerprint density at radius 3 is 2.83 bits per heavy atom. The Kier molecular flexibility index (Phi) is 6.16. The van der Waals surface area contributed by atoms with E-state index in [1.54, 1.807) is 12.1 Å². The minimum atomic E-state index is -1.09. The first-order valence-electron chi connectivity index (χ1n) is 10.1. The maximum absolute atomic E-state index is 13.2. The molecular formula is C22H26ClN3O3S. The molecule has 160 valence electrons. The number of fused-ring (bicyclic) bond motifs is 1. The SMILES string of the molecule is CC1CN(C)CCc2cc(NC(=O)C3(NC(=O)c4ccc(Cl)s4)CCOC3)ccc21. The van der Waals surface area contributed by atoms with E-state index in [4.69, 9.17) is 16.3 Å². The number of thiophene rings is 1. The molecule has 0 bridgehead atoms. The Hall–Kier alpha value is -1.93. The van der Waals surface area contributed by atoms with Crippen molar-refractivity contribution in [3.05, 3.63) is 50.7 Å². The van der Waals surface area contributed by atoms with Gasteiger partial charge in [-0.15, -0.1) is 11.3 Å². The number of halogens is 1. The van der Waals surface area contributed by atoms with Crippen molar-refractivity contribution in [2.45, 2.75) is 31.2 Å². The number of carbonyl (C=O) groups excluding carboxylic acids is 2. The van der Waals surface area contributed by atoms with Crippen molar-refractivity contribution in [2.24, 2.45) is 0 Å². The predicted molar refractivity (Wildman–Crippen MR) is 120 cm³/mol. The zero-order valence-corrected chi connectivity index (χ0v) is 18.7. The van der Waals surface area contributed by atoms with Crippen molar-refractivity contribution >= 4 is 40.4 Å². The number of benzene rings is 1. The molecule has 30 heavy (non-hydrogen) atoms. The molecule has 0 saturated carbocycles. The molecule has 3 heterocycles. The molecule has 2 aromatic rings. The first-order valence-corrected chi connectivity index (χ1v) is 11.3. The second-order valence-corrected chi connectivity index (χ2v) is 9.94. The lowest BCUT2D eigenvalue weighted by Crippen LogP contribution is -2.57. The van der Waals surface area contributed by atoms with Gasteiger partial charge in [0.05, 0.1) is 15.8 Å². The van der Waals surface area contributed by atoms with Gasteiger partial charge in [0.25, 0.3) is 11.8 Å². The summed E-state index contributed by atoms with van der Waals surface area (Å²) >= 11 is 7.13. The highest BCUT2D eigenvalue weighted by Gasteiger charge is 2.44. The van der Waals surface area contributed by atoms with Crippen LogP contribution in [0.1, 0.15) is 40.1 Å². The number of carbonyl (C=O) groups is 2. The molecule has 2 amide bonds. The lowest BCUT2D eigenvalue weighted by atomic mass is 9.94. The highest BCUT2D eigenvalue weighted by molar-refractivity contribution is 7.18. The number of hydrogen-bond donors (Lipinski definition) is 2. The van der Waals surface area contributed by atoms with Crippen LogP contribution in [0.4, 0.5) is 5.69 Å². The van der Waals surface area contributed by atoms with Gasteiger partial charge < -0.3 is 20.3 Å². The summed E-state index contributed by atoms with van der Waals surface area (Å²) in [6.45, 7) is 4.82. The van der Waals surface area contributed by atoms with E-state index in [9.17, 15) is 9.59 Å². The van der Waals surface area contributed by atoms with Crippen molar-refractivity contribution in [1.29, 1.82) is 0 Å². The van der Waals surface area contributed by atoms with Gasteiger partial charge in [0, 0.05) is 31.8 Å². The summed E-state index contributed by atoms with van der Waals surface area (Å²) in [5, 5.41) is 5.91. The first-order chi connectivity index (χ1) is 14.4. The largest absolute Gasteiger partial charge is 0.378 e. The van der Waals surface area contributed by atoms with Crippen molar-refractivity contribution < 1.29 is 14.3 Å². The van der Waals surface area contributed by atoms with Crippen LogP contribution < -0.4 is 10.6 Å². The van der Waals surface area contributed by atoms with E-state index in [1.165, 1.54) is 22.5 Å². The quantitative estimate of drug-likeness (QED) is 0.752. The molecule has 1 aromatic carbocycles. The van der Waals surface area contributed by atoms with Gasteiger partial charge in [0.1, 0.15) is 5.54 Å². The normalized spacial score (nSPS) is 24.2. The topological polar surface area (TPSA) is 70.7 Å². The Balaban J connectivity index is 1.52. The van der Waals surface area contributed by atoms with Crippen LogP contribution >= 0.6 is 22.9 Å². The zero-order valence-electron chi connectivity index (χ0n) is 17.2. The van der Waals surface area contributed by atoms with E-state index in [2.05, 4.69) is 41.6 Å². The van der Waals surface area contributed by atoms with Gasteiger partial charge in [-0.05, 0) is 54.8 Å². The zero-order chi connectivity index (χ0) is 21.3. The Bertz CT molecular complexity index is 955. The molecule has 2 unspecified atom stereocenters. The number of amides is 2. The second kappa shape index (κ2) is 8.67. The van der Waals surface area contributed by atoms with E-state index < -0.39 is 5.54 Å². The van der Waals surface area contributed by atoms with Gasteiger partial charge in [-0.3, -0.25) is 9.59 Å². The lowest BCUT2D eigenvalue weighted by Gasteiger charge is -2.27. The average molecular weight is 448 g/mol. The molecule has 2 atom stereocenters. The molecule has 2 aliphatic heterocycles. The number of likely N-dealkylation sites (N-methyl/N-ethyl adjacent to an activating group) is 1. The summed E-state index contributed by atoms with van der Waals surface area (Å²) in [6.07, 6.45) is 1.38. The number of nitrogens with zero attached hydrogens (tertiary/aromatic N) is 1. The van der Waals surface area contributed by atoms with E-state index in [0.717, 1.165) is 25.2 Å². The summed E-state index contributed by atoms with van der Waals surface area (Å²) in [7, 11) is 2.14. The van der Waals surface area contributed by atoms with Gasteiger partial charge in [-0.25, -0.2) is 0 Å². The predicted octanol–water partition coefficient (Wildman–Crippen LogP) is 3.52. The van der Waals surface area contributed by atoms with Gasteiger partial charge in [0.15, 0.2) is 0 Å². The minimum Gasteiger partial charge on any atom is -0.378 e. The molecule has 8 heteroatoms. The van der Waals surface area contributed by atoms with Crippen molar-refractivity contribution in [2.75, 3.05) is 38.7 Å². The molecule has 6 nitrogen and oxygen atoms in total. The van der Waals surface area contributed by atoms with Crippen LogP contribution in [0.2, 0.25) is 4.34 Å². The number of rotatable bonds is 4. The summed E-state index contributed by atoms with van der Waals surface area (Å²) in [6, 6.07) is 9.45. The fraction of sp³-hybridized carbons (Fsp3) is 0.455. The van der Waals surface area contributed by atoms with Crippen LogP contribution in [0, 0.1) is 0 Å². The summed E-state index contributed by atoms with van der Waals surface area (Å²) in [5.74, 6) is -0.121. The summed E-state index contributed by atoms with van der Waals surface area (Å²) in [4.78, 5) is 28.7. The van der Waals surface area contributed by atoms with E-state index in [1.807, 2.05) is 6.07 Å². The van der Waals surface area contributed by atoms with Gasteiger partial charge >= 0.3 is 0 Å². The Labute approximate surface area is 185 Å². The minimum absolute atomic E-state index is 0.149. The maximum atomic E-state index is 13.2. The van der Waals surface area contributed by atoms with Crippen LogP contribution in [-0.2, 0) is 16.0 Å². The Morgan fingerprint density at radius 2 is 2.13 bits per heavy atom. The highest BCUT2D eigenvalue weighted by atomic mass is 35.5. The van der Waals surface area contributed by atoms with Crippen molar-refractivity contribution in [3.8, 4) is 0 Å². The molecule has 2 aliphatic rings. The van der Waals surface area contributed by atoms with Gasteiger partial charge in [-0.1, -0.05) is 24.6 Å². The first kappa shape index (κ1) is 21.3. The van der Waals surface area contributed by atoms with Gasteiger partial charge in [0.2, 0.25) is 0 Å². The van der Waals surface area contributed by atoms with Gasteiger partial charge in [-0.2, -0.15) is 0 Å². The molecular weight excluding hydrogens is 422 g/mol. The number of anilines is 1. The fourth-order valence-electron chi connectivity index (χ4n) is 4.21. The van der Waals surface area contributed by atoms with E-state index in [0.29, 0.717) is 28.2 Å². The highest BCUT2D eigenvalue weighted by Crippen LogP contribution is 2.29. The van der Waals surface area contributed by atoms with E-state index >= 15 is 0 Å².